The number of anilines is 1. The molecule has 2 heterocycles. The normalized spacial score (nSPS) is 12.2. The molecular weight excluding hydrogens is 238 g/mol. The summed E-state index contributed by atoms with van der Waals surface area (Å²) >= 11 is 0. The van der Waals surface area contributed by atoms with Crippen LogP contribution in [0.4, 0.5) is 5.95 Å². The molecule has 19 heavy (non-hydrogen) atoms. The summed E-state index contributed by atoms with van der Waals surface area (Å²) < 4.78 is 1.99. The first-order chi connectivity index (χ1) is 9.00. The first-order valence-corrected chi connectivity index (χ1v) is 6.83. The lowest BCUT2D eigenvalue weighted by Gasteiger charge is -2.30. The van der Waals surface area contributed by atoms with Crippen LogP contribution >= 0.6 is 0 Å². The summed E-state index contributed by atoms with van der Waals surface area (Å²) in [7, 11) is 0. The molecule has 0 amide bonds. The molecule has 5 nitrogen and oxygen atoms in total. The predicted molar refractivity (Wildman–Crippen MR) is 78.9 cm³/mol. The van der Waals surface area contributed by atoms with E-state index in [4.69, 9.17) is 5.73 Å². The number of nitrogen functional groups attached to an aromatic ring is 1. The largest absolute Gasteiger partial charge is 0.369 e. The van der Waals surface area contributed by atoms with Gasteiger partial charge in [-0.15, -0.1) is 0 Å². The number of imidazole rings is 1. The van der Waals surface area contributed by atoms with Crippen LogP contribution in [0.1, 0.15) is 27.7 Å². The van der Waals surface area contributed by atoms with Crippen molar-refractivity contribution in [3.8, 4) is 0 Å². The third-order valence-electron chi connectivity index (χ3n) is 3.44. The van der Waals surface area contributed by atoms with Crippen LogP contribution in [0.2, 0.25) is 0 Å². The fourth-order valence-electron chi connectivity index (χ4n) is 2.52. The minimum absolute atomic E-state index is 0.518. The Hall–Kier alpha value is -1.62. The molecule has 2 rings (SSSR count). The highest BCUT2D eigenvalue weighted by Crippen LogP contribution is 2.15. The van der Waals surface area contributed by atoms with Gasteiger partial charge in [0.15, 0.2) is 5.65 Å². The molecule has 0 aliphatic rings. The van der Waals surface area contributed by atoms with Gasteiger partial charge in [0, 0.05) is 31.4 Å². The first kappa shape index (κ1) is 13.8. The summed E-state index contributed by atoms with van der Waals surface area (Å²) in [5.74, 6) is 0.543. The van der Waals surface area contributed by atoms with E-state index in [2.05, 4.69) is 42.6 Å². The molecule has 104 valence electrons. The van der Waals surface area contributed by atoms with E-state index in [-0.39, 0.29) is 0 Å². The van der Waals surface area contributed by atoms with Crippen LogP contribution in [0.3, 0.4) is 0 Å². The third-order valence-corrected chi connectivity index (χ3v) is 3.44. The van der Waals surface area contributed by atoms with Crippen molar-refractivity contribution in [1.82, 2.24) is 19.4 Å². The van der Waals surface area contributed by atoms with E-state index < -0.39 is 0 Å². The second-order valence-electron chi connectivity index (χ2n) is 5.39. The Morgan fingerprint density at radius 3 is 2.58 bits per heavy atom. The molecule has 0 saturated heterocycles. The molecule has 0 aliphatic heterocycles. The van der Waals surface area contributed by atoms with Crippen molar-refractivity contribution < 1.29 is 0 Å². The zero-order valence-corrected chi connectivity index (χ0v) is 12.2. The van der Waals surface area contributed by atoms with Crippen molar-refractivity contribution in [2.75, 3.05) is 12.3 Å². The van der Waals surface area contributed by atoms with Crippen molar-refractivity contribution in [3.63, 3.8) is 0 Å². The maximum Gasteiger partial charge on any atom is 0.202 e. The van der Waals surface area contributed by atoms with Crippen molar-refractivity contribution in [2.24, 2.45) is 0 Å². The number of nitrogens with zero attached hydrogens (tertiary/aromatic N) is 4. The second kappa shape index (κ2) is 5.57. The highest BCUT2D eigenvalue weighted by molar-refractivity contribution is 5.73. The molecule has 2 aromatic rings. The Balaban J connectivity index is 2.19. The molecule has 0 unspecified atom stereocenters. The molecule has 0 radical (unpaired) electrons. The Morgan fingerprint density at radius 2 is 1.95 bits per heavy atom. The smallest absolute Gasteiger partial charge is 0.202 e. The van der Waals surface area contributed by atoms with Gasteiger partial charge in [-0.25, -0.2) is 9.97 Å². The summed E-state index contributed by atoms with van der Waals surface area (Å²) in [4.78, 5) is 11.2. The van der Waals surface area contributed by atoms with Crippen LogP contribution < -0.4 is 5.73 Å². The average Bonchev–Trinajstić information content (AvgIpc) is 2.65. The number of hydrogen-bond donors (Lipinski definition) is 1. The van der Waals surface area contributed by atoms with Gasteiger partial charge >= 0.3 is 0 Å². The summed E-state index contributed by atoms with van der Waals surface area (Å²) in [5, 5.41) is 0. The van der Waals surface area contributed by atoms with E-state index in [0.717, 1.165) is 24.3 Å². The number of rotatable bonds is 5. The Morgan fingerprint density at radius 1 is 1.26 bits per heavy atom. The first-order valence-electron chi connectivity index (χ1n) is 6.83. The molecule has 0 aromatic carbocycles. The van der Waals surface area contributed by atoms with E-state index in [1.807, 2.05) is 16.7 Å². The highest BCUT2D eigenvalue weighted by atomic mass is 15.2. The van der Waals surface area contributed by atoms with E-state index in [9.17, 15) is 0 Å². The van der Waals surface area contributed by atoms with Crippen LogP contribution in [-0.4, -0.2) is 38.1 Å². The monoisotopic (exact) mass is 261 g/mol. The molecular formula is C14H23N5. The van der Waals surface area contributed by atoms with Gasteiger partial charge in [-0.3, -0.25) is 9.47 Å². The minimum atomic E-state index is 0.518. The van der Waals surface area contributed by atoms with Crippen LogP contribution in [0.5, 0.6) is 0 Å². The van der Waals surface area contributed by atoms with Gasteiger partial charge < -0.3 is 5.73 Å². The van der Waals surface area contributed by atoms with Crippen LogP contribution in [0, 0.1) is 0 Å². The van der Waals surface area contributed by atoms with Crippen molar-refractivity contribution in [2.45, 2.75) is 46.3 Å². The number of nitrogens with two attached hydrogens (primary N) is 1. The third kappa shape index (κ3) is 2.87. The molecule has 2 N–H and O–H groups in total. The summed E-state index contributed by atoms with van der Waals surface area (Å²) in [6, 6.07) is 4.86. The van der Waals surface area contributed by atoms with E-state index in [0.29, 0.717) is 18.0 Å². The zero-order valence-electron chi connectivity index (χ0n) is 12.2. The molecule has 0 saturated carbocycles. The lowest BCUT2D eigenvalue weighted by Crippen LogP contribution is -2.39. The summed E-state index contributed by atoms with van der Waals surface area (Å²) in [6.45, 7) is 10.6. The molecule has 0 atom stereocenters. The molecule has 0 fully saturated rings. The van der Waals surface area contributed by atoms with Crippen LogP contribution in [0.25, 0.3) is 11.2 Å². The van der Waals surface area contributed by atoms with E-state index in [1.54, 1.807) is 6.20 Å². The van der Waals surface area contributed by atoms with Gasteiger partial charge in [-0.2, -0.15) is 0 Å². The number of pyridine rings is 1. The van der Waals surface area contributed by atoms with E-state index in [1.165, 1.54) is 0 Å². The number of hydrogen-bond acceptors (Lipinski definition) is 4. The van der Waals surface area contributed by atoms with Crippen molar-refractivity contribution in [1.29, 1.82) is 0 Å². The molecule has 0 aliphatic carbocycles. The predicted octanol–water partition coefficient (Wildman–Crippen LogP) is 2.13. The van der Waals surface area contributed by atoms with Gasteiger partial charge in [0.05, 0.1) is 0 Å². The highest BCUT2D eigenvalue weighted by Gasteiger charge is 2.15. The van der Waals surface area contributed by atoms with Gasteiger partial charge in [-0.05, 0) is 39.8 Å². The molecule has 0 bridgehead atoms. The molecule has 5 heteroatoms. The minimum Gasteiger partial charge on any atom is -0.369 e. The fourth-order valence-corrected chi connectivity index (χ4v) is 2.52. The standard InChI is InChI=1S/C14H23N5/c1-10(2)18(11(3)4)8-9-19-13-12(17-14(19)15)6-5-7-16-13/h5-7,10-11H,8-9H2,1-4H3,(H2,15,17). The topological polar surface area (TPSA) is 60.0 Å². The lowest BCUT2D eigenvalue weighted by atomic mass is 10.2. The Kier molecular flexibility index (Phi) is 4.04. The summed E-state index contributed by atoms with van der Waals surface area (Å²) in [6.07, 6.45) is 1.78. The van der Waals surface area contributed by atoms with Gasteiger partial charge in [0.25, 0.3) is 0 Å². The summed E-state index contributed by atoms with van der Waals surface area (Å²) in [5.41, 5.74) is 7.71. The maximum atomic E-state index is 5.99. The number of aromatic nitrogens is 3. The quantitative estimate of drug-likeness (QED) is 0.895. The van der Waals surface area contributed by atoms with Crippen molar-refractivity contribution in [3.05, 3.63) is 18.3 Å². The molecule has 2 aromatic heterocycles. The zero-order chi connectivity index (χ0) is 14.0. The molecule has 0 spiro atoms. The van der Waals surface area contributed by atoms with Crippen LogP contribution in [0.15, 0.2) is 18.3 Å². The van der Waals surface area contributed by atoms with Crippen LogP contribution in [-0.2, 0) is 6.54 Å². The SMILES string of the molecule is CC(C)N(CCn1c(N)nc2cccnc21)C(C)C. The van der Waals surface area contributed by atoms with E-state index >= 15 is 0 Å². The maximum absolute atomic E-state index is 5.99. The number of fused-ring (bicyclic) bond motifs is 1. The van der Waals surface area contributed by atoms with Crippen molar-refractivity contribution >= 4 is 17.1 Å². The Bertz CT molecular complexity index is 536. The average molecular weight is 261 g/mol. The Labute approximate surface area is 114 Å². The van der Waals surface area contributed by atoms with Gasteiger partial charge in [0.1, 0.15) is 5.52 Å². The second-order valence-corrected chi connectivity index (χ2v) is 5.39. The fraction of sp³-hybridized carbons (Fsp3) is 0.571. The van der Waals surface area contributed by atoms with Gasteiger partial charge in [-0.1, -0.05) is 0 Å². The lowest BCUT2D eigenvalue weighted by molar-refractivity contribution is 0.169. The van der Waals surface area contributed by atoms with Gasteiger partial charge in [0.2, 0.25) is 5.95 Å².